The molecule has 0 radical (unpaired) electrons. The molecule has 10 heteroatoms. The van der Waals surface area contributed by atoms with Crippen molar-refractivity contribution in [3.05, 3.63) is 48.5 Å². The van der Waals surface area contributed by atoms with Gasteiger partial charge >= 0.3 is 0 Å². The quantitative estimate of drug-likeness (QED) is 0.726. The number of benzene rings is 2. The highest BCUT2D eigenvalue weighted by Gasteiger charge is 2.55. The third-order valence-corrected chi connectivity index (χ3v) is 4.85. The van der Waals surface area contributed by atoms with E-state index in [0.717, 1.165) is 4.90 Å². The van der Waals surface area contributed by atoms with E-state index in [1.165, 1.54) is 19.2 Å². The lowest BCUT2D eigenvalue weighted by atomic mass is 10.1. The Balaban J connectivity index is 1.52. The van der Waals surface area contributed by atoms with Crippen LogP contribution >= 0.6 is 0 Å². The molecule has 154 valence electrons. The highest BCUT2D eigenvalue weighted by Crippen LogP contribution is 2.36. The van der Waals surface area contributed by atoms with Crippen molar-refractivity contribution in [1.82, 2.24) is 5.01 Å². The van der Waals surface area contributed by atoms with Gasteiger partial charge in [0.25, 0.3) is 11.8 Å². The van der Waals surface area contributed by atoms with E-state index in [1.54, 1.807) is 42.5 Å². The maximum absolute atomic E-state index is 13.0. The first-order chi connectivity index (χ1) is 14.5. The monoisotopic (exact) mass is 409 g/mol. The average Bonchev–Trinajstić information content (AvgIpc) is 3.27. The summed E-state index contributed by atoms with van der Waals surface area (Å²) in [5.41, 5.74) is 0.955. The molecule has 2 unspecified atom stereocenters. The Bertz CT molecular complexity index is 1030. The van der Waals surface area contributed by atoms with Crippen molar-refractivity contribution in [3.8, 4) is 11.5 Å². The Morgan fingerprint density at radius 3 is 2.47 bits per heavy atom. The second kappa shape index (κ2) is 7.82. The number of anilines is 2. The van der Waals surface area contributed by atoms with Gasteiger partial charge in [-0.25, -0.2) is 4.90 Å². The SMILES string of the molecule is COc1ccc(N2C(=O)C3N=NN(CC(=O)Nc4ccccc4)C3C2=O)cc1OC. The third kappa shape index (κ3) is 3.32. The zero-order valence-electron chi connectivity index (χ0n) is 16.3. The van der Waals surface area contributed by atoms with Crippen molar-refractivity contribution in [3.63, 3.8) is 0 Å². The minimum atomic E-state index is -0.991. The predicted octanol–water partition coefficient (Wildman–Crippen LogP) is 1.64. The Hall–Kier alpha value is -3.95. The van der Waals surface area contributed by atoms with E-state index in [9.17, 15) is 14.4 Å². The number of hydrogen-bond donors (Lipinski definition) is 1. The molecule has 2 atom stereocenters. The lowest BCUT2D eigenvalue weighted by Gasteiger charge is -2.20. The number of methoxy groups -OCH3 is 2. The minimum absolute atomic E-state index is 0.210. The molecule has 0 aromatic heterocycles. The molecule has 2 aromatic rings. The standard InChI is InChI=1S/C20H19N5O5/c1-29-14-9-8-13(10-15(14)30-2)25-19(27)17-18(20(25)28)24(23-22-17)11-16(26)21-12-6-4-3-5-7-12/h3-10,17-18H,11H2,1-2H3,(H,21,26). The van der Waals surface area contributed by atoms with Gasteiger partial charge in [0.15, 0.2) is 23.6 Å². The van der Waals surface area contributed by atoms with Crippen LogP contribution in [0.5, 0.6) is 11.5 Å². The summed E-state index contributed by atoms with van der Waals surface area (Å²) in [6.45, 7) is -0.210. The van der Waals surface area contributed by atoms with Gasteiger partial charge in [0.2, 0.25) is 5.91 Å². The molecule has 30 heavy (non-hydrogen) atoms. The van der Waals surface area contributed by atoms with Crippen LogP contribution in [0.25, 0.3) is 0 Å². The Morgan fingerprint density at radius 1 is 1.03 bits per heavy atom. The summed E-state index contributed by atoms with van der Waals surface area (Å²) in [6, 6.07) is 11.7. The lowest BCUT2D eigenvalue weighted by molar-refractivity contribution is -0.123. The first-order valence-electron chi connectivity index (χ1n) is 9.15. The van der Waals surface area contributed by atoms with Crippen LogP contribution in [-0.4, -0.2) is 55.6 Å². The molecule has 10 nitrogen and oxygen atoms in total. The van der Waals surface area contributed by atoms with Crippen molar-refractivity contribution in [1.29, 1.82) is 0 Å². The van der Waals surface area contributed by atoms with Crippen molar-refractivity contribution < 1.29 is 23.9 Å². The van der Waals surface area contributed by atoms with E-state index in [1.807, 2.05) is 6.07 Å². The summed E-state index contributed by atoms with van der Waals surface area (Å²) in [5, 5.41) is 11.8. The number of nitrogens with zero attached hydrogens (tertiary/aromatic N) is 4. The molecule has 1 N–H and O–H groups in total. The lowest BCUT2D eigenvalue weighted by Crippen LogP contribution is -2.43. The van der Waals surface area contributed by atoms with Gasteiger partial charge in [-0.3, -0.25) is 19.4 Å². The molecule has 2 aromatic carbocycles. The molecule has 2 heterocycles. The third-order valence-electron chi connectivity index (χ3n) is 4.85. The topological polar surface area (TPSA) is 113 Å². The maximum atomic E-state index is 13.0. The predicted molar refractivity (Wildman–Crippen MR) is 106 cm³/mol. The van der Waals surface area contributed by atoms with Crippen LogP contribution < -0.4 is 19.7 Å². The van der Waals surface area contributed by atoms with E-state index in [4.69, 9.17) is 9.47 Å². The molecule has 0 spiro atoms. The number of hydrogen-bond acceptors (Lipinski definition) is 8. The molecule has 0 bridgehead atoms. The second-order valence-corrected chi connectivity index (χ2v) is 6.66. The fraction of sp³-hybridized carbons (Fsp3) is 0.250. The van der Waals surface area contributed by atoms with Crippen LogP contribution in [0.15, 0.2) is 58.9 Å². The first kappa shape index (κ1) is 19.4. The number of ether oxygens (including phenoxy) is 2. The largest absolute Gasteiger partial charge is 0.493 e. The van der Waals surface area contributed by atoms with Crippen LogP contribution in [0.4, 0.5) is 11.4 Å². The Morgan fingerprint density at radius 2 is 1.77 bits per heavy atom. The van der Waals surface area contributed by atoms with Crippen LogP contribution in [0.2, 0.25) is 0 Å². The average molecular weight is 409 g/mol. The molecular weight excluding hydrogens is 390 g/mol. The van der Waals surface area contributed by atoms with E-state index in [2.05, 4.69) is 15.7 Å². The van der Waals surface area contributed by atoms with Crippen molar-refractivity contribution in [2.45, 2.75) is 12.1 Å². The van der Waals surface area contributed by atoms with Gasteiger partial charge in [-0.1, -0.05) is 23.4 Å². The molecule has 2 aliphatic rings. The molecule has 2 aliphatic heterocycles. The van der Waals surface area contributed by atoms with Crippen molar-refractivity contribution >= 4 is 29.1 Å². The molecule has 0 saturated carbocycles. The minimum Gasteiger partial charge on any atom is -0.493 e. The van der Waals surface area contributed by atoms with Gasteiger partial charge in [0, 0.05) is 11.8 Å². The Kier molecular flexibility index (Phi) is 5.05. The number of fused-ring (bicyclic) bond motifs is 1. The fourth-order valence-corrected chi connectivity index (χ4v) is 3.44. The maximum Gasteiger partial charge on any atom is 0.263 e. The highest BCUT2D eigenvalue weighted by atomic mass is 16.5. The molecule has 0 aliphatic carbocycles. The number of nitrogens with one attached hydrogen (secondary N) is 1. The summed E-state index contributed by atoms with van der Waals surface area (Å²) in [5.74, 6) is -0.528. The highest BCUT2D eigenvalue weighted by molar-refractivity contribution is 6.25. The second-order valence-electron chi connectivity index (χ2n) is 6.66. The van der Waals surface area contributed by atoms with Gasteiger partial charge in [-0.15, -0.1) is 0 Å². The summed E-state index contributed by atoms with van der Waals surface area (Å²) in [7, 11) is 2.96. The van der Waals surface area contributed by atoms with Crippen molar-refractivity contribution in [2.24, 2.45) is 10.3 Å². The van der Waals surface area contributed by atoms with Crippen LogP contribution in [0.1, 0.15) is 0 Å². The van der Waals surface area contributed by atoms with E-state index in [-0.39, 0.29) is 12.5 Å². The number of amides is 3. The zero-order valence-corrected chi connectivity index (χ0v) is 16.3. The summed E-state index contributed by atoms with van der Waals surface area (Å²) in [6.07, 6.45) is 0. The van der Waals surface area contributed by atoms with E-state index < -0.39 is 23.9 Å². The first-order valence-corrected chi connectivity index (χ1v) is 9.15. The number of imide groups is 1. The van der Waals surface area contributed by atoms with Gasteiger partial charge in [0.1, 0.15) is 6.54 Å². The number of rotatable bonds is 6. The fourth-order valence-electron chi connectivity index (χ4n) is 3.44. The Labute approximate surface area is 172 Å². The van der Waals surface area contributed by atoms with Crippen molar-refractivity contribution in [2.75, 3.05) is 31.0 Å². The number of para-hydroxylation sites is 1. The normalized spacial score (nSPS) is 19.8. The van der Waals surface area contributed by atoms with Crippen LogP contribution in [0, 0.1) is 0 Å². The molecule has 3 amide bonds. The van der Waals surface area contributed by atoms with Gasteiger partial charge in [-0.05, 0) is 24.3 Å². The zero-order chi connectivity index (χ0) is 21.3. The van der Waals surface area contributed by atoms with Crippen LogP contribution in [-0.2, 0) is 14.4 Å². The van der Waals surface area contributed by atoms with Gasteiger partial charge < -0.3 is 14.8 Å². The number of carbonyl (C=O) groups is 3. The van der Waals surface area contributed by atoms with Gasteiger partial charge in [-0.2, -0.15) is 5.11 Å². The van der Waals surface area contributed by atoms with Gasteiger partial charge in [0.05, 0.1) is 19.9 Å². The van der Waals surface area contributed by atoms with E-state index >= 15 is 0 Å². The molecule has 4 rings (SSSR count). The molecule has 1 saturated heterocycles. The smallest absolute Gasteiger partial charge is 0.263 e. The van der Waals surface area contributed by atoms with E-state index in [0.29, 0.717) is 22.9 Å². The summed E-state index contributed by atoms with van der Waals surface area (Å²) >= 11 is 0. The van der Waals surface area contributed by atoms with Crippen LogP contribution in [0.3, 0.4) is 0 Å². The number of carbonyl (C=O) groups excluding carboxylic acids is 3. The molecular formula is C20H19N5O5. The summed E-state index contributed by atoms with van der Waals surface area (Å²) < 4.78 is 10.4. The summed E-state index contributed by atoms with van der Waals surface area (Å²) in [4.78, 5) is 39.3. The molecule has 1 fully saturated rings.